The number of amides is 1. The predicted molar refractivity (Wildman–Crippen MR) is 127 cm³/mol. The van der Waals surface area contributed by atoms with Crippen molar-refractivity contribution in [2.45, 2.75) is 25.0 Å². The molecule has 0 radical (unpaired) electrons. The minimum Gasteiger partial charge on any atom is -0.373 e. The van der Waals surface area contributed by atoms with Crippen LogP contribution >= 0.6 is 0 Å². The topological polar surface area (TPSA) is 84.7 Å². The van der Waals surface area contributed by atoms with E-state index in [-0.39, 0.29) is 17.1 Å². The van der Waals surface area contributed by atoms with Crippen LogP contribution in [0.15, 0.2) is 24.7 Å². The van der Waals surface area contributed by atoms with E-state index in [0.717, 1.165) is 40.8 Å². The van der Waals surface area contributed by atoms with E-state index >= 15 is 0 Å². The molecule has 0 aliphatic heterocycles. The normalized spacial score (nSPS) is 13.5. The lowest BCUT2D eigenvalue weighted by Gasteiger charge is -2.22. The Morgan fingerprint density at radius 1 is 1.20 bits per heavy atom. The molecule has 3 aromatic heterocycles. The van der Waals surface area contributed by atoms with Gasteiger partial charge in [0.1, 0.15) is 46.7 Å². The van der Waals surface area contributed by atoms with Crippen molar-refractivity contribution in [1.29, 1.82) is 0 Å². The minimum absolute atomic E-state index is 0.0283. The summed E-state index contributed by atoms with van der Waals surface area (Å²) >= 11 is 0. The second-order valence-electron chi connectivity index (χ2n) is 8.61. The number of fused-ring (bicyclic) bond motifs is 1. The number of anilines is 2. The molecule has 0 spiro atoms. The first kappa shape index (κ1) is 20.1. The molecule has 7 nitrogen and oxygen atoms in total. The van der Waals surface area contributed by atoms with E-state index in [1.807, 2.05) is 26.2 Å². The lowest BCUT2D eigenvalue weighted by molar-refractivity contribution is -0.117. The Kier molecular flexibility index (Phi) is 5.06. The summed E-state index contributed by atoms with van der Waals surface area (Å²) in [5, 5.41) is 7.67. The number of hydrogen-bond donors (Lipinski definition) is 2. The van der Waals surface area contributed by atoms with Crippen LogP contribution < -0.4 is 10.6 Å². The number of hydrogen-bond acceptors (Lipinski definition) is 5. The Hall–Kier alpha value is -3.21. The largest absolute Gasteiger partial charge is 0.373 e. The maximum absolute atomic E-state index is 12.1. The smallest absolute Gasteiger partial charge is 0.228 e. The van der Waals surface area contributed by atoms with Crippen LogP contribution in [0.5, 0.6) is 0 Å². The number of rotatable bonds is 4. The molecule has 4 rings (SSSR count). The number of aryl methyl sites for hydroxylation is 1. The van der Waals surface area contributed by atoms with Gasteiger partial charge in [-0.15, -0.1) is 0 Å². The maximum atomic E-state index is 12.1. The number of carbonyl (C=O) groups excluding carboxylic acids is 1. The van der Waals surface area contributed by atoms with Gasteiger partial charge in [-0.3, -0.25) is 4.79 Å². The zero-order valence-electron chi connectivity index (χ0n) is 18.0. The van der Waals surface area contributed by atoms with E-state index in [1.54, 1.807) is 12.4 Å². The van der Waals surface area contributed by atoms with Crippen LogP contribution in [0, 0.1) is 24.7 Å². The van der Waals surface area contributed by atoms with Gasteiger partial charge in [-0.1, -0.05) is 5.92 Å². The summed E-state index contributed by atoms with van der Waals surface area (Å²) in [4.78, 5) is 25.6. The van der Waals surface area contributed by atoms with Crippen molar-refractivity contribution in [3.63, 3.8) is 0 Å². The molecule has 0 bridgehead atoms. The molecule has 0 saturated heterocycles. The molecular formula is C20H23B3N6O. The Balaban J connectivity index is 1.73. The third-order valence-electron chi connectivity index (χ3n) is 5.14. The molecule has 30 heavy (non-hydrogen) atoms. The van der Waals surface area contributed by atoms with Crippen LogP contribution in [0.1, 0.15) is 29.9 Å². The van der Waals surface area contributed by atoms with Crippen LogP contribution in [0.2, 0.25) is 0 Å². The van der Waals surface area contributed by atoms with Crippen molar-refractivity contribution >= 4 is 51.9 Å². The molecule has 3 heterocycles. The summed E-state index contributed by atoms with van der Waals surface area (Å²) in [6.07, 6.45) is 7.33. The van der Waals surface area contributed by atoms with E-state index in [1.165, 1.54) is 0 Å². The van der Waals surface area contributed by atoms with Gasteiger partial charge in [0.15, 0.2) is 0 Å². The number of imidazole rings is 1. The van der Waals surface area contributed by atoms with Crippen molar-refractivity contribution in [2.24, 2.45) is 5.92 Å². The average Bonchev–Trinajstić information content (AvgIpc) is 3.47. The van der Waals surface area contributed by atoms with Gasteiger partial charge >= 0.3 is 0 Å². The Bertz CT molecular complexity index is 1200. The Morgan fingerprint density at radius 3 is 2.60 bits per heavy atom. The summed E-state index contributed by atoms with van der Waals surface area (Å²) in [5.74, 6) is 8.69. The van der Waals surface area contributed by atoms with Crippen LogP contribution in [-0.4, -0.2) is 56.0 Å². The standard InChI is InChI=1S/C20H23B3N6O/c1-11-27-14(10-29(11)20(21,22)23)6-5-13-8-26-18(24-2)16-9-25-17(7-15(13)16)28-19(30)12-3-4-12/h7-10,12H,3-4,21-23H2,1-2H3,(H,24,26)(H,25,28,30). The van der Waals surface area contributed by atoms with Gasteiger partial charge in [0.05, 0.1) is 5.56 Å². The highest BCUT2D eigenvalue weighted by molar-refractivity contribution is 6.56. The quantitative estimate of drug-likeness (QED) is 0.455. The van der Waals surface area contributed by atoms with Gasteiger partial charge in [0, 0.05) is 42.3 Å². The molecule has 0 unspecified atom stereocenters. The highest BCUT2D eigenvalue weighted by Gasteiger charge is 2.29. The molecule has 1 saturated carbocycles. The van der Waals surface area contributed by atoms with Gasteiger partial charge < -0.3 is 15.2 Å². The molecule has 0 atom stereocenters. The maximum Gasteiger partial charge on any atom is 0.228 e. The van der Waals surface area contributed by atoms with Gasteiger partial charge in [-0.2, -0.15) is 0 Å². The fourth-order valence-electron chi connectivity index (χ4n) is 3.42. The molecule has 2 N–H and O–H groups in total. The first-order chi connectivity index (χ1) is 14.3. The van der Waals surface area contributed by atoms with Crippen LogP contribution in [0.3, 0.4) is 0 Å². The minimum atomic E-state index is -0.0555. The van der Waals surface area contributed by atoms with E-state index < -0.39 is 0 Å². The molecular weight excluding hydrogens is 373 g/mol. The zero-order chi connectivity index (χ0) is 21.5. The molecule has 0 aromatic carbocycles. The zero-order valence-corrected chi connectivity index (χ0v) is 18.0. The average molecular weight is 396 g/mol. The number of nitrogens with one attached hydrogen (secondary N) is 2. The van der Waals surface area contributed by atoms with Crippen molar-refractivity contribution in [3.05, 3.63) is 41.7 Å². The molecule has 1 amide bonds. The summed E-state index contributed by atoms with van der Waals surface area (Å²) in [6, 6.07) is 1.86. The fourth-order valence-corrected chi connectivity index (χ4v) is 3.42. The molecule has 148 valence electrons. The highest BCUT2D eigenvalue weighted by Crippen LogP contribution is 2.31. The summed E-state index contributed by atoms with van der Waals surface area (Å²) in [6.45, 7) is 1.98. The van der Waals surface area contributed by atoms with Crippen LogP contribution in [0.25, 0.3) is 10.8 Å². The van der Waals surface area contributed by atoms with Crippen molar-refractivity contribution in [2.75, 3.05) is 17.7 Å². The van der Waals surface area contributed by atoms with Gasteiger partial charge in [0.2, 0.25) is 5.91 Å². The first-order valence-electron chi connectivity index (χ1n) is 10.1. The van der Waals surface area contributed by atoms with E-state index in [2.05, 4.69) is 65.5 Å². The summed E-state index contributed by atoms with van der Waals surface area (Å²) < 4.78 is 2.12. The third kappa shape index (κ3) is 4.06. The molecule has 1 aliphatic carbocycles. The molecule has 1 aliphatic rings. The number of pyridine rings is 2. The van der Waals surface area contributed by atoms with Crippen LogP contribution in [-0.2, 0) is 10.0 Å². The van der Waals surface area contributed by atoms with E-state index in [4.69, 9.17) is 0 Å². The molecule has 1 fully saturated rings. The van der Waals surface area contributed by atoms with Crippen LogP contribution in [0.4, 0.5) is 11.6 Å². The SMILES string of the molecule is BC(B)(B)n1cc(C#Cc2cnc(NC)c3cnc(NC(=O)C4CC4)cc23)nc1C. The lowest BCUT2D eigenvalue weighted by atomic mass is 9.49. The van der Waals surface area contributed by atoms with Gasteiger partial charge in [-0.25, -0.2) is 15.0 Å². The fraction of sp³-hybridized carbons (Fsp3) is 0.300. The monoisotopic (exact) mass is 396 g/mol. The lowest BCUT2D eigenvalue weighted by Crippen LogP contribution is -2.35. The predicted octanol–water partition coefficient (Wildman–Crippen LogP) is -0.608. The third-order valence-corrected chi connectivity index (χ3v) is 5.14. The van der Waals surface area contributed by atoms with Gasteiger partial charge in [-0.05, 0) is 37.0 Å². The van der Waals surface area contributed by atoms with Crippen molar-refractivity contribution in [1.82, 2.24) is 19.5 Å². The number of aromatic nitrogens is 4. The molecule has 10 heteroatoms. The first-order valence-corrected chi connectivity index (χ1v) is 10.1. The van der Waals surface area contributed by atoms with E-state index in [0.29, 0.717) is 11.5 Å². The van der Waals surface area contributed by atoms with Crippen molar-refractivity contribution < 1.29 is 4.79 Å². The Morgan fingerprint density at radius 2 is 1.97 bits per heavy atom. The summed E-state index contributed by atoms with van der Waals surface area (Å²) in [7, 11) is 8.23. The second kappa shape index (κ2) is 7.56. The molecule has 3 aromatic rings. The van der Waals surface area contributed by atoms with E-state index in [9.17, 15) is 4.79 Å². The van der Waals surface area contributed by atoms with Crippen molar-refractivity contribution in [3.8, 4) is 11.8 Å². The van der Waals surface area contributed by atoms with Gasteiger partial charge in [0.25, 0.3) is 0 Å². The Labute approximate surface area is 178 Å². The summed E-state index contributed by atoms with van der Waals surface area (Å²) in [5.41, 5.74) is 1.47. The number of carbonyl (C=O) groups is 1. The highest BCUT2D eigenvalue weighted by atomic mass is 16.2. The second-order valence-corrected chi connectivity index (χ2v) is 8.61. The number of nitrogens with zero attached hydrogens (tertiary/aromatic N) is 4.